The molecule has 1 N–H and O–H groups in total. The summed E-state index contributed by atoms with van der Waals surface area (Å²) in [6, 6.07) is 7.31. The van der Waals surface area contributed by atoms with E-state index in [1.165, 1.54) is 44.6 Å². The fourth-order valence-electron chi connectivity index (χ4n) is 4.07. The highest BCUT2D eigenvalue weighted by atomic mass is 32.2. The molecule has 0 aliphatic heterocycles. The number of hydrogen-bond donors (Lipinski definition) is 1. The second-order valence-electron chi connectivity index (χ2n) is 10.1. The van der Waals surface area contributed by atoms with Crippen molar-refractivity contribution in [3.63, 3.8) is 0 Å². The Bertz CT molecular complexity index is 1450. The van der Waals surface area contributed by atoms with E-state index < -0.39 is 34.4 Å². The zero-order valence-corrected chi connectivity index (χ0v) is 21.7. The van der Waals surface area contributed by atoms with E-state index in [2.05, 4.69) is 0 Å². The molecule has 0 spiro atoms. The standard InChI is InChI=1S/C25H27F5N4O2S/c1-24(2,3)14-34-13-18(22(23(26)27)32-37(35,36)33(4)5)17-10-9-15(11-20(17)34)21-16(12-31)7-6-8-19(21)25(28,29)30/h6-11,13,22-23,32H,14H2,1-5H3/t22-/m0/s1. The molecular weight excluding hydrogens is 515 g/mol. The molecule has 0 saturated heterocycles. The lowest BCUT2D eigenvalue weighted by Crippen LogP contribution is -2.40. The molecule has 0 unspecified atom stereocenters. The molecule has 3 aromatic rings. The Morgan fingerprint density at radius 2 is 1.76 bits per heavy atom. The molecule has 0 fully saturated rings. The van der Waals surface area contributed by atoms with Crippen LogP contribution in [0.1, 0.15) is 43.5 Å². The van der Waals surface area contributed by atoms with Gasteiger partial charge in [0.1, 0.15) is 6.04 Å². The van der Waals surface area contributed by atoms with Crippen LogP contribution in [0.25, 0.3) is 22.0 Å². The number of benzene rings is 2. The number of halogens is 5. The van der Waals surface area contributed by atoms with Crippen LogP contribution in [0.3, 0.4) is 0 Å². The fraction of sp³-hybridized carbons (Fsp3) is 0.400. The summed E-state index contributed by atoms with van der Waals surface area (Å²) in [6.45, 7) is 5.99. The first-order valence-corrected chi connectivity index (χ1v) is 12.6. The van der Waals surface area contributed by atoms with Crippen LogP contribution in [-0.2, 0) is 22.9 Å². The fourth-order valence-corrected chi connectivity index (χ4v) is 4.84. The van der Waals surface area contributed by atoms with Crippen molar-refractivity contribution in [3.8, 4) is 17.2 Å². The molecule has 0 bridgehead atoms. The first-order valence-electron chi connectivity index (χ1n) is 11.2. The Morgan fingerprint density at radius 3 is 2.27 bits per heavy atom. The predicted molar refractivity (Wildman–Crippen MR) is 131 cm³/mol. The summed E-state index contributed by atoms with van der Waals surface area (Å²) in [6.07, 6.45) is -6.45. The molecule has 0 aliphatic rings. The number of rotatable bonds is 7. The summed E-state index contributed by atoms with van der Waals surface area (Å²) >= 11 is 0. The van der Waals surface area contributed by atoms with Crippen molar-refractivity contribution >= 4 is 21.1 Å². The average Bonchev–Trinajstić information content (AvgIpc) is 3.11. The van der Waals surface area contributed by atoms with Crippen LogP contribution in [0.5, 0.6) is 0 Å². The average molecular weight is 543 g/mol. The van der Waals surface area contributed by atoms with Crippen LogP contribution < -0.4 is 4.72 Å². The van der Waals surface area contributed by atoms with Gasteiger partial charge in [0.25, 0.3) is 16.6 Å². The lowest BCUT2D eigenvalue weighted by molar-refractivity contribution is -0.137. The van der Waals surface area contributed by atoms with E-state index in [1.807, 2.05) is 25.5 Å². The molecule has 2 aromatic carbocycles. The summed E-state index contributed by atoms with van der Waals surface area (Å²) in [5.41, 5.74) is -1.46. The highest BCUT2D eigenvalue weighted by Gasteiger charge is 2.36. The van der Waals surface area contributed by atoms with Gasteiger partial charge in [-0.2, -0.15) is 35.9 Å². The summed E-state index contributed by atoms with van der Waals surface area (Å²) in [5, 5.41) is 9.76. The van der Waals surface area contributed by atoms with Crippen molar-refractivity contribution in [1.82, 2.24) is 13.6 Å². The molecule has 0 amide bonds. The molecular formula is C25H27F5N4O2S. The van der Waals surface area contributed by atoms with Crippen LogP contribution >= 0.6 is 0 Å². The van der Waals surface area contributed by atoms with Gasteiger partial charge in [0.2, 0.25) is 0 Å². The number of alkyl halides is 5. The number of nitrogens with zero attached hydrogens (tertiary/aromatic N) is 3. The number of nitrogens with one attached hydrogen (secondary N) is 1. The number of fused-ring (bicyclic) bond motifs is 1. The van der Waals surface area contributed by atoms with Crippen LogP contribution in [-0.4, -0.2) is 37.8 Å². The van der Waals surface area contributed by atoms with E-state index in [4.69, 9.17) is 0 Å². The molecule has 3 rings (SSSR count). The Morgan fingerprint density at radius 1 is 1.11 bits per heavy atom. The van der Waals surface area contributed by atoms with Gasteiger partial charge in [-0.25, -0.2) is 8.78 Å². The molecule has 0 saturated carbocycles. The summed E-state index contributed by atoms with van der Waals surface area (Å²) in [5.74, 6) is 0. The number of aromatic nitrogens is 1. The Labute approximate surface area is 212 Å². The van der Waals surface area contributed by atoms with E-state index in [0.29, 0.717) is 12.1 Å². The van der Waals surface area contributed by atoms with Crippen LogP contribution in [0.4, 0.5) is 22.0 Å². The van der Waals surface area contributed by atoms with E-state index in [0.717, 1.165) is 16.4 Å². The summed E-state index contributed by atoms with van der Waals surface area (Å²) in [4.78, 5) is 0. The zero-order valence-electron chi connectivity index (χ0n) is 20.9. The van der Waals surface area contributed by atoms with Crippen molar-refractivity contribution in [2.24, 2.45) is 5.41 Å². The predicted octanol–water partition coefficient (Wildman–Crippen LogP) is 5.95. The van der Waals surface area contributed by atoms with E-state index in [-0.39, 0.29) is 33.1 Å². The molecule has 0 aliphatic carbocycles. The first kappa shape index (κ1) is 28.6. The number of hydrogen-bond acceptors (Lipinski definition) is 3. The highest BCUT2D eigenvalue weighted by molar-refractivity contribution is 7.87. The molecule has 0 radical (unpaired) electrons. The van der Waals surface area contributed by atoms with Crippen molar-refractivity contribution in [1.29, 1.82) is 5.26 Å². The Hall–Kier alpha value is -3.01. The van der Waals surface area contributed by atoms with Gasteiger partial charge in [0.05, 0.1) is 17.2 Å². The Balaban J connectivity index is 2.33. The minimum atomic E-state index is -4.74. The second kappa shape index (κ2) is 10.0. The zero-order chi connectivity index (χ0) is 27.9. The third-order valence-electron chi connectivity index (χ3n) is 5.68. The van der Waals surface area contributed by atoms with Crippen molar-refractivity contribution in [3.05, 3.63) is 59.3 Å². The van der Waals surface area contributed by atoms with Crippen LogP contribution in [0.15, 0.2) is 42.6 Å². The van der Waals surface area contributed by atoms with Crippen molar-refractivity contribution < 1.29 is 30.4 Å². The molecule has 1 aromatic heterocycles. The largest absolute Gasteiger partial charge is 0.417 e. The van der Waals surface area contributed by atoms with Gasteiger partial charge in [0, 0.05) is 48.9 Å². The lowest BCUT2D eigenvalue weighted by Gasteiger charge is -2.21. The molecule has 37 heavy (non-hydrogen) atoms. The normalized spacial score (nSPS) is 13.9. The van der Waals surface area contributed by atoms with E-state index >= 15 is 0 Å². The monoisotopic (exact) mass is 542 g/mol. The maximum absolute atomic E-state index is 14.2. The smallest absolute Gasteiger partial charge is 0.347 e. The first-order chi connectivity index (χ1) is 17.0. The van der Waals surface area contributed by atoms with Gasteiger partial charge in [-0.15, -0.1) is 0 Å². The van der Waals surface area contributed by atoms with Gasteiger partial charge in [-0.05, 0) is 29.2 Å². The van der Waals surface area contributed by atoms with Gasteiger partial charge in [-0.1, -0.05) is 39.0 Å². The highest BCUT2D eigenvalue weighted by Crippen LogP contribution is 2.41. The quantitative estimate of drug-likeness (QED) is 0.375. The minimum absolute atomic E-state index is 0.0177. The van der Waals surface area contributed by atoms with Crippen molar-refractivity contribution in [2.75, 3.05) is 14.1 Å². The van der Waals surface area contributed by atoms with E-state index in [1.54, 1.807) is 10.6 Å². The molecule has 12 heteroatoms. The molecule has 6 nitrogen and oxygen atoms in total. The SMILES string of the molecule is CN(C)S(=O)(=O)N[C@@H](c1cn(CC(C)(C)C)c2cc(-c3c(C#N)cccc3C(F)(F)F)ccc12)C(F)F. The van der Waals surface area contributed by atoms with Gasteiger partial charge >= 0.3 is 6.18 Å². The molecule has 1 atom stereocenters. The van der Waals surface area contributed by atoms with E-state index in [9.17, 15) is 35.6 Å². The Kier molecular flexibility index (Phi) is 7.75. The maximum atomic E-state index is 14.2. The number of nitriles is 1. The maximum Gasteiger partial charge on any atom is 0.417 e. The lowest BCUT2D eigenvalue weighted by atomic mass is 9.93. The third-order valence-corrected chi connectivity index (χ3v) is 7.19. The second-order valence-corrected chi connectivity index (χ2v) is 12.0. The van der Waals surface area contributed by atoms with Gasteiger partial charge in [-0.3, -0.25) is 0 Å². The molecule has 1 heterocycles. The topological polar surface area (TPSA) is 78.1 Å². The van der Waals surface area contributed by atoms with Crippen molar-refractivity contribution in [2.45, 2.75) is 46.0 Å². The van der Waals surface area contributed by atoms with Gasteiger partial charge in [0.15, 0.2) is 0 Å². The minimum Gasteiger partial charge on any atom is -0.347 e. The summed E-state index contributed by atoms with van der Waals surface area (Å²) in [7, 11) is -1.84. The van der Waals surface area contributed by atoms with Crippen LogP contribution in [0.2, 0.25) is 0 Å². The van der Waals surface area contributed by atoms with Crippen LogP contribution in [0, 0.1) is 16.7 Å². The summed E-state index contributed by atoms with van der Waals surface area (Å²) < 4.78 is 98.9. The molecule has 200 valence electrons. The third kappa shape index (κ3) is 6.11. The van der Waals surface area contributed by atoms with Gasteiger partial charge < -0.3 is 4.57 Å².